The number of ketones is 1. The van der Waals surface area contributed by atoms with Crippen molar-refractivity contribution in [3.05, 3.63) is 70.6 Å². The van der Waals surface area contributed by atoms with Gasteiger partial charge in [-0.25, -0.2) is 13.8 Å². The highest BCUT2D eigenvalue weighted by atomic mass is 35.5. The highest BCUT2D eigenvalue weighted by Crippen LogP contribution is 2.37. The molecule has 1 heterocycles. The number of carbonyl (C=O) groups excluding carboxylic acids is 1. The van der Waals surface area contributed by atoms with Gasteiger partial charge < -0.3 is 19.3 Å². The fourth-order valence-corrected chi connectivity index (χ4v) is 3.94. The van der Waals surface area contributed by atoms with Crippen LogP contribution in [0.1, 0.15) is 41.7 Å². The molecule has 190 valence electrons. The van der Waals surface area contributed by atoms with Crippen LogP contribution in [0.15, 0.2) is 48.5 Å². The van der Waals surface area contributed by atoms with Gasteiger partial charge in [-0.2, -0.15) is 0 Å². The summed E-state index contributed by atoms with van der Waals surface area (Å²) in [6.07, 6.45) is 1.64. The van der Waals surface area contributed by atoms with Crippen LogP contribution in [0, 0.1) is 5.82 Å². The largest absolute Gasteiger partial charge is 0.494 e. The number of rotatable bonds is 11. The van der Waals surface area contributed by atoms with Crippen LogP contribution in [0.5, 0.6) is 17.2 Å². The summed E-state index contributed by atoms with van der Waals surface area (Å²) in [4.78, 5) is 17.2. The number of ether oxygens (including phenoxy) is 3. The van der Waals surface area contributed by atoms with E-state index in [1.807, 2.05) is 0 Å². The molecule has 1 atom stereocenters. The highest BCUT2D eigenvalue weighted by Gasteiger charge is 2.35. The number of methoxy groups -OCH3 is 2. The molecule has 1 aromatic heterocycles. The summed E-state index contributed by atoms with van der Waals surface area (Å²) in [5.41, 5.74) is -1.40. The van der Waals surface area contributed by atoms with Gasteiger partial charge in [0.2, 0.25) is 0 Å². The van der Waals surface area contributed by atoms with E-state index in [-0.39, 0.29) is 41.1 Å². The number of Topliss-reactive ketones (excluding diaryl/α,β-unsaturated/α-hetero) is 1. The first-order chi connectivity index (χ1) is 17.3. The zero-order valence-electron chi connectivity index (χ0n) is 19.9. The molecule has 0 bridgehead atoms. The van der Waals surface area contributed by atoms with E-state index < -0.39 is 18.1 Å². The lowest BCUT2D eigenvalue weighted by Crippen LogP contribution is -2.27. The predicted molar refractivity (Wildman–Crippen MR) is 131 cm³/mol. The maximum absolute atomic E-state index is 15.9. The topological polar surface area (TPSA) is 77.9 Å². The minimum atomic E-state index is -2.31. The summed E-state index contributed by atoms with van der Waals surface area (Å²) < 4.78 is 46.0. The number of pyridine rings is 1. The standard InChI is InChI=1S/C27H26ClF2NO5/c1-34-23-9-10-25(31-26(23)17-3-7-20(29)19(28)13-17)27(30,15-32)12-11-21(33)16-4-8-22(24(14-16)35-2)36-18-5-6-18/h3-4,7-10,13-14,18,32H,5-6,11-12,15H2,1-2H3. The molecule has 2 aromatic carbocycles. The molecular formula is C27H26ClF2NO5. The molecule has 1 aliphatic carbocycles. The number of alkyl halides is 1. The number of aromatic nitrogens is 1. The van der Waals surface area contributed by atoms with Gasteiger partial charge in [-0.1, -0.05) is 11.6 Å². The highest BCUT2D eigenvalue weighted by molar-refractivity contribution is 6.31. The van der Waals surface area contributed by atoms with Crippen LogP contribution in [0.3, 0.4) is 0 Å². The molecule has 0 radical (unpaired) electrons. The Kier molecular flexibility index (Phi) is 7.76. The summed E-state index contributed by atoms with van der Waals surface area (Å²) in [6, 6.07) is 11.7. The second kappa shape index (κ2) is 10.8. The van der Waals surface area contributed by atoms with Gasteiger partial charge >= 0.3 is 0 Å². The van der Waals surface area contributed by atoms with E-state index in [1.54, 1.807) is 18.2 Å². The first kappa shape index (κ1) is 25.9. The summed E-state index contributed by atoms with van der Waals surface area (Å²) in [5.74, 6) is 0.385. The minimum absolute atomic E-state index is 0.0835. The number of aliphatic hydroxyl groups is 1. The van der Waals surface area contributed by atoms with Gasteiger partial charge in [-0.05, 0) is 67.8 Å². The number of hydrogen-bond acceptors (Lipinski definition) is 6. The van der Waals surface area contributed by atoms with E-state index >= 15 is 4.39 Å². The van der Waals surface area contributed by atoms with E-state index in [0.29, 0.717) is 28.4 Å². The van der Waals surface area contributed by atoms with Crippen LogP contribution < -0.4 is 14.2 Å². The maximum Gasteiger partial charge on any atom is 0.175 e. The fraction of sp³-hybridized carbons (Fsp3) is 0.333. The molecule has 6 nitrogen and oxygen atoms in total. The number of carbonyl (C=O) groups is 1. The van der Waals surface area contributed by atoms with Gasteiger partial charge in [0, 0.05) is 17.5 Å². The molecule has 1 saturated carbocycles. The SMILES string of the molecule is COc1cc(C(=O)CCC(F)(CO)c2ccc(OC)c(-c3ccc(F)c(Cl)c3)n2)ccc1OC1CC1. The van der Waals surface area contributed by atoms with E-state index in [9.17, 15) is 14.3 Å². The van der Waals surface area contributed by atoms with E-state index in [2.05, 4.69) is 4.98 Å². The fourth-order valence-electron chi connectivity index (χ4n) is 3.76. The quantitative estimate of drug-likeness (QED) is 0.318. The molecule has 1 aliphatic rings. The average molecular weight is 518 g/mol. The summed E-state index contributed by atoms with van der Waals surface area (Å²) >= 11 is 5.91. The molecular weight excluding hydrogens is 492 g/mol. The molecule has 1 unspecified atom stereocenters. The van der Waals surface area contributed by atoms with Crippen molar-refractivity contribution in [3.8, 4) is 28.5 Å². The van der Waals surface area contributed by atoms with E-state index in [4.69, 9.17) is 25.8 Å². The summed E-state index contributed by atoms with van der Waals surface area (Å²) in [6.45, 7) is -0.888. The molecule has 4 rings (SSSR count). The van der Waals surface area contributed by atoms with Gasteiger partial charge in [-0.15, -0.1) is 0 Å². The molecule has 0 spiro atoms. The van der Waals surface area contributed by atoms with Gasteiger partial charge in [-0.3, -0.25) is 4.79 Å². The molecule has 0 saturated heterocycles. The molecule has 1 fully saturated rings. The number of halogens is 3. The Morgan fingerprint density at radius 3 is 2.44 bits per heavy atom. The first-order valence-electron chi connectivity index (χ1n) is 11.5. The predicted octanol–water partition coefficient (Wildman–Crippen LogP) is 5.92. The van der Waals surface area contributed by atoms with Crippen molar-refractivity contribution in [2.45, 2.75) is 37.5 Å². The van der Waals surface area contributed by atoms with Crippen LogP contribution in [-0.2, 0) is 5.67 Å². The van der Waals surface area contributed by atoms with Gasteiger partial charge in [0.15, 0.2) is 23.0 Å². The number of nitrogens with zero attached hydrogens (tertiary/aromatic N) is 1. The van der Waals surface area contributed by atoms with Gasteiger partial charge in [0.1, 0.15) is 17.3 Å². The second-order valence-electron chi connectivity index (χ2n) is 8.61. The first-order valence-corrected chi connectivity index (χ1v) is 11.8. The average Bonchev–Trinajstić information content (AvgIpc) is 3.72. The molecule has 1 N–H and O–H groups in total. The number of benzene rings is 2. The van der Waals surface area contributed by atoms with Crippen molar-refractivity contribution in [3.63, 3.8) is 0 Å². The molecule has 0 aliphatic heterocycles. The Bertz CT molecular complexity index is 1270. The van der Waals surface area contributed by atoms with Gasteiger partial charge in [0.25, 0.3) is 0 Å². The van der Waals surface area contributed by atoms with E-state index in [0.717, 1.165) is 12.8 Å². The maximum atomic E-state index is 15.9. The third kappa shape index (κ3) is 5.60. The molecule has 9 heteroatoms. The molecule has 3 aromatic rings. The van der Waals surface area contributed by atoms with Gasteiger partial charge in [0.05, 0.1) is 37.6 Å². The third-order valence-corrected chi connectivity index (χ3v) is 6.32. The van der Waals surface area contributed by atoms with Crippen molar-refractivity contribution in [2.75, 3.05) is 20.8 Å². The van der Waals surface area contributed by atoms with Crippen molar-refractivity contribution in [1.82, 2.24) is 4.98 Å². The van der Waals surface area contributed by atoms with Crippen molar-refractivity contribution in [1.29, 1.82) is 0 Å². The smallest absolute Gasteiger partial charge is 0.175 e. The van der Waals surface area contributed by atoms with E-state index in [1.165, 1.54) is 44.6 Å². The third-order valence-electron chi connectivity index (χ3n) is 6.03. The summed E-state index contributed by atoms with van der Waals surface area (Å²) in [7, 11) is 2.91. The van der Waals surface area contributed by atoms with Crippen molar-refractivity contribution < 1.29 is 32.9 Å². The normalized spacial score (nSPS) is 14.7. The zero-order valence-corrected chi connectivity index (χ0v) is 20.6. The van der Waals surface area contributed by atoms with Crippen LogP contribution in [0.4, 0.5) is 8.78 Å². The Hall–Kier alpha value is -3.23. The Morgan fingerprint density at radius 2 is 1.81 bits per heavy atom. The van der Waals surface area contributed by atoms with Crippen LogP contribution >= 0.6 is 11.6 Å². The minimum Gasteiger partial charge on any atom is -0.494 e. The lowest BCUT2D eigenvalue weighted by atomic mass is 9.92. The summed E-state index contributed by atoms with van der Waals surface area (Å²) in [5, 5.41) is 9.81. The number of aliphatic hydroxyl groups excluding tert-OH is 1. The molecule has 0 amide bonds. The van der Waals surface area contributed by atoms with Crippen molar-refractivity contribution >= 4 is 17.4 Å². The second-order valence-corrected chi connectivity index (χ2v) is 9.01. The van der Waals surface area contributed by atoms with Crippen molar-refractivity contribution in [2.24, 2.45) is 0 Å². The zero-order chi connectivity index (χ0) is 25.9. The van der Waals surface area contributed by atoms with Crippen LogP contribution in [0.2, 0.25) is 5.02 Å². The lowest BCUT2D eigenvalue weighted by molar-refractivity contribution is 0.0520. The Morgan fingerprint density at radius 1 is 1.08 bits per heavy atom. The lowest BCUT2D eigenvalue weighted by Gasteiger charge is -2.23. The Balaban J connectivity index is 1.55. The Labute approximate surface area is 212 Å². The van der Waals surface area contributed by atoms with Crippen LogP contribution in [0.25, 0.3) is 11.3 Å². The van der Waals surface area contributed by atoms with Crippen LogP contribution in [-0.4, -0.2) is 42.8 Å². The number of hydrogen-bond donors (Lipinski definition) is 1. The molecule has 36 heavy (non-hydrogen) atoms. The monoisotopic (exact) mass is 517 g/mol.